The Balaban J connectivity index is -0.0000000267. The molecule has 0 atom stereocenters. The van der Waals surface area contributed by atoms with Crippen LogP contribution < -0.4 is 47.1 Å². The third-order valence-electron chi connectivity index (χ3n) is 0.289. The van der Waals surface area contributed by atoms with Crippen LogP contribution in [0.4, 0.5) is 0 Å². The van der Waals surface area contributed by atoms with E-state index in [-0.39, 0.29) is 71.4 Å². The number of carboxylic acids is 1. The van der Waals surface area contributed by atoms with Crippen molar-refractivity contribution >= 4 is 29.0 Å². The van der Waals surface area contributed by atoms with Crippen LogP contribution in [-0.2, 0) is 4.79 Å². The van der Waals surface area contributed by atoms with E-state index in [1.54, 1.807) is 0 Å². The van der Waals surface area contributed by atoms with E-state index < -0.39 is 5.97 Å². The number of carbonyl (C=O) groups is 1. The fourth-order valence-corrected chi connectivity index (χ4v) is 0. The van der Waals surface area contributed by atoms with E-state index in [0.717, 1.165) is 0 Å². The van der Waals surface area contributed by atoms with Crippen molar-refractivity contribution in [3.63, 3.8) is 0 Å². The largest absolute Gasteiger partial charge is 2.00 e. The molecule has 0 saturated heterocycles. The molecule has 0 saturated carbocycles. The van der Waals surface area contributed by atoms with Crippen LogP contribution >= 0.6 is 0 Å². The number of carbonyl (C=O) groups excluding carboxylic acids is 1. The SMILES string of the molecule is CCC(=O)[O-].[Cl-].[Mg+2].[Na+]. The summed E-state index contributed by atoms with van der Waals surface area (Å²) in [5, 5.41) is 9.26. The first kappa shape index (κ1) is 22.7. The van der Waals surface area contributed by atoms with Gasteiger partial charge in [-0.05, 0) is 6.42 Å². The third kappa shape index (κ3) is 25.8. The van der Waals surface area contributed by atoms with Gasteiger partial charge in [0, 0.05) is 5.97 Å². The Labute approximate surface area is 93.3 Å². The van der Waals surface area contributed by atoms with Gasteiger partial charge in [0.2, 0.25) is 0 Å². The molecule has 0 aliphatic heterocycles. The van der Waals surface area contributed by atoms with Gasteiger partial charge in [0.15, 0.2) is 0 Å². The molecule has 5 heteroatoms. The van der Waals surface area contributed by atoms with Gasteiger partial charge in [-0.3, -0.25) is 0 Å². The summed E-state index contributed by atoms with van der Waals surface area (Å²) in [6.07, 6.45) is 0.111. The minimum Gasteiger partial charge on any atom is -1.00 e. The van der Waals surface area contributed by atoms with Gasteiger partial charge in [-0.15, -0.1) is 0 Å². The van der Waals surface area contributed by atoms with Crippen LogP contribution in [0.25, 0.3) is 0 Å². The summed E-state index contributed by atoms with van der Waals surface area (Å²) < 4.78 is 0. The summed E-state index contributed by atoms with van der Waals surface area (Å²) >= 11 is 0. The van der Waals surface area contributed by atoms with Gasteiger partial charge < -0.3 is 22.3 Å². The number of hydrogen-bond donors (Lipinski definition) is 0. The van der Waals surface area contributed by atoms with E-state index in [4.69, 9.17) is 0 Å². The molecule has 0 amide bonds. The predicted octanol–water partition coefficient (Wildman–Crippen LogP) is -7.23. The third-order valence-corrected chi connectivity index (χ3v) is 0.289. The molecule has 0 aliphatic rings. The Hall–Kier alpha value is 1.53. The van der Waals surface area contributed by atoms with Crippen LogP contribution in [0.3, 0.4) is 0 Å². The van der Waals surface area contributed by atoms with Crippen molar-refractivity contribution in [3.8, 4) is 0 Å². The van der Waals surface area contributed by atoms with E-state index in [1.807, 2.05) is 0 Å². The van der Waals surface area contributed by atoms with E-state index in [2.05, 4.69) is 0 Å². The maximum Gasteiger partial charge on any atom is 2.00 e. The van der Waals surface area contributed by atoms with Crippen molar-refractivity contribution in [1.82, 2.24) is 0 Å². The van der Waals surface area contributed by atoms with Gasteiger partial charge in [-0.1, -0.05) is 6.92 Å². The zero-order chi connectivity index (χ0) is 4.28. The standard InChI is InChI=1S/C3H6O2.ClH.Mg.Na/c1-2-3(4)5;;;/h2H2,1H3,(H,4,5);1H;;/q;;+2;+1/p-2. The molecule has 0 heterocycles. The maximum absolute atomic E-state index is 9.26. The van der Waals surface area contributed by atoms with Gasteiger partial charge in [-0.25, -0.2) is 0 Å². The molecule has 0 N–H and O–H groups in total. The molecular formula is C3H5ClMgNaO2+. The van der Waals surface area contributed by atoms with Gasteiger partial charge in [0.25, 0.3) is 0 Å². The van der Waals surface area contributed by atoms with Crippen molar-refractivity contribution in [1.29, 1.82) is 0 Å². The number of carboxylic acid groups (broad SMARTS) is 1. The molecule has 0 unspecified atom stereocenters. The van der Waals surface area contributed by atoms with Crippen LogP contribution in [0, 0.1) is 0 Å². The summed E-state index contributed by atoms with van der Waals surface area (Å²) in [5.41, 5.74) is 0. The van der Waals surface area contributed by atoms with Crippen molar-refractivity contribution in [2.75, 3.05) is 0 Å². The Bertz CT molecular complexity index is 52.5. The fourth-order valence-electron chi connectivity index (χ4n) is 0. The number of hydrogen-bond acceptors (Lipinski definition) is 2. The van der Waals surface area contributed by atoms with Gasteiger partial charge in [0.1, 0.15) is 0 Å². The molecular weight excluding hydrogens is 151 g/mol. The van der Waals surface area contributed by atoms with Crippen LogP contribution in [0.1, 0.15) is 13.3 Å². The van der Waals surface area contributed by atoms with Crippen molar-refractivity contribution < 1.29 is 51.9 Å². The van der Waals surface area contributed by atoms with Crippen molar-refractivity contribution in [2.24, 2.45) is 0 Å². The van der Waals surface area contributed by atoms with Crippen molar-refractivity contribution in [3.05, 3.63) is 0 Å². The zero-order valence-electron chi connectivity index (χ0n) is 5.11. The van der Waals surface area contributed by atoms with Crippen molar-refractivity contribution in [2.45, 2.75) is 13.3 Å². The van der Waals surface area contributed by atoms with Gasteiger partial charge in [-0.2, -0.15) is 0 Å². The Morgan fingerprint density at radius 3 is 1.75 bits per heavy atom. The summed E-state index contributed by atoms with van der Waals surface area (Å²) in [6.45, 7) is 1.54. The molecule has 0 aromatic heterocycles. The van der Waals surface area contributed by atoms with Crippen LogP contribution in [0.2, 0.25) is 0 Å². The molecule has 0 aliphatic carbocycles. The minimum absolute atomic E-state index is 0. The second kappa shape index (κ2) is 15.8. The fraction of sp³-hybridized carbons (Fsp3) is 0.667. The van der Waals surface area contributed by atoms with E-state index in [0.29, 0.717) is 0 Å². The topological polar surface area (TPSA) is 40.1 Å². The molecule has 2 nitrogen and oxygen atoms in total. The second-order valence-electron chi connectivity index (χ2n) is 0.726. The number of halogens is 1. The van der Waals surface area contributed by atoms with Crippen LogP contribution in [0.5, 0.6) is 0 Å². The monoisotopic (exact) mass is 155 g/mol. The summed E-state index contributed by atoms with van der Waals surface area (Å²) in [7, 11) is 0. The number of rotatable bonds is 1. The second-order valence-corrected chi connectivity index (χ2v) is 0.726. The molecule has 0 fully saturated rings. The van der Waals surface area contributed by atoms with Crippen LogP contribution in [0.15, 0.2) is 0 Å². The summed E-state index contributed by atoms with van der Waals surface area (Å²) in [4.78, 5) is 9.26. The van der Waals surface area contributed by atoms with Crippen LogP contribution in [-0.4, -0.2) is 29.0 Å². The average molecular weight is 156 g/mol. The van der Waals surface area contributed by atoms with E-state index >= 15 is 0 Å². The molecule has 0 aromatic carbocycles. The Kier molecular flexibility index (Phi) is 44.8. The summed E-state index contributed by atoms with van der Waals surface area (Å²) in [6, 6.07) is 0. The first-order valence-corrected chi connectivity index (χ1v) is 1.47. The summed E-state index contributed by atoms with van der Waals surface area (Å²) in [5.74, 6) is -0.995. The first-order chi connectivity index (χ1) is 2.27. The smallest absolute Gasteiger partial charge is 1.00 e. The molecule has 8 heavy (non-hydrogen) atoms. The molecule has 0 aromatic rings. The predicted molar refractivity (Wildman–Crippen MR) is 21.1 cm³/mol. The normalized spacial score (nSPS) is 4.62. The molecule has 0 radical (unpaired) electrons. The Morgan fingerprint density at radius 2 is 1.75 bits per heavy atom. The van der Waals surface area contributed by atoms with Gasteiger partial charge >= 0.3 is 52.6 Å². The molecule has 38 valence electrons. The molecule has 0 rings (SSSR count). The maximum atomic E-state index is 9.26. The first-order valence-electron chi connectivity index (χ1n) is 1.47. The number of aliphatic carboxylic acids is 1. The molecule has 0 bridgehead atoms. The quantitative estimate of drug-likeness (QED) is 0.354. The van der Waals surface area contributed by atoms with E-state index in [9.17, 15) is 9.90 Å². The Morgan fingerprint density at radius 1 is 1.62 bits per heavy atom. The zero-order valence-corrected chi connectivity index (χ0v) is 9.28. The minimum atomic E-state index is -0.995. The van der Waals surface area contributed by atoms with Gasteiger partial charge in [0.05, 0.1) is 0 Å². The molecule has 0 spiro atoms. The average Bonchev–Trinajstić information content (AvgIpc) is 1.38. The van der Waals surface area contributed by atoms with E-state index in [1.165, 1.54) is 6.92 Å².